The molecule has 1 aliphatic rings. The highest BCUT2D eigenvalue weighted by molar-refractivity contribution is 5.45. The minimum Gasteiger partial charge on any atom is -0.382 e. The first-order valence-corrected chi connectivity index (χ1v) is 7.69. The fourth-order valence-corrected chi connectivity index (χ4v) is 3.01. The Bertz CT molecular complexity index is 536. The van der Waals surface area contributed by atoms with Crippen molar-refractivity contribution in [3.63, 3.8) is 0 Å². The summed E-state index contributed by atoms with van der Waals surface area (Å²) in [6.07, 6.45) is 8.98. The highest BCUT2D eigenvalue weighted by Gasteiger charge is 2.21. The molecule has 4 nitrogen and oxygen atoms in total. The highest BCUT2D eigenvalue weighted by Crippen LogP contribution is 2.24. The second kappa shape index (κ2) is 6.76. The third kappa shape index (κ3) is 3.85. The van der Waals surface area contributed by atoms with Crippen LogP contribution in [-0.4, -0.2) is 29.0 Å². The molecule has 0 aliphatic heterocycles. The molecule has 0 bridgehead atoms. The van der Waals surface area contributed by atoms with E-state index in [4.69, 9.17) is 4.74 Å². The number of anilines is 1. The minimum atomic E-state index is 0.412. The number of ether oxygens (including phenoxy) is 1. The summed E-state index contributed by atoms with van der Waals surface area (Å²) >= 11 is 0. The molecule has 3 rings (SSSR count). The molecule has 0 spiro atoms. The van der Waals surface area contributed by atoms with Gasteiger partial charge in [0.2, 0.25) is 0 Å². The van der Waals surface area contributed by atoms with Gasteiger partial charge in [0.05, 0.1) is 12.6 Å². The van der Waals surface area contributed by atoms with Gasteiger partial charge in [-0.05, 0) is 49.4 Å². The monoisotopic (exact) mass is 285 g/mol. The Balaban J connectivity index is 1.56. The smallest absolute Gasteiger partial charge is 0.0659 e. The zero-order valence-corrected chi connectivity index (χ0v) is 12.5. The average molecular weight is 285 g/mol. The Morgan fingerprint density at radius 2 is 2.14 bits per heavy atom. The Morgan fingerprint density at radius 1 is 1.29 bits per heavy atom. The van der Waals surface area contributed by atoms with Gasteiger partial charge in [-0.15, -0.1) is 0 Å². The molecular weight excluding hydrogens is 262 g/mol. The number of benzene rings is 1. The maximum Gasteiger partial charge on any atom is 0.0659 e. The number of hydrogen-bond donors (Lipinski definition) is 1. The van der Waals surface area contributed by atoms with Gasteiger partial charge in [0.1, 0.15) is 0 Å². The molecule has 1 aliphatic carbocycles. The van der Waals surface area contributed by atoms with Crippen LogP contribution in [0.25, 0.3) is 0 Å². The normalized spacial score (nSPS) is 22.1. The molecule has 0 radical (unpaired) electrons. The molecule has 2 atom stereocenters. The van der Waals surface area contributed by atoms with E-state index < -0.39 is 0 Å². The van der Waals surface area contributed by atoms with Gasteiger partial charge in [0.25, 0.3) is 0 Å². The number of aromatic nitrogens is 2. The van der Waals surface area contributed by atoms with Gasteiger partial charge in [0, 0.05) is 31.2 Å². The number of nitrogens with one attached hydrogen (secondary N) is 1. The molecule has 21 heavy (non-hydrogen) atoms. The Labute approximate surface area is 126 Å². The van der Waals surface area contributed by atoms with Crippen molar-refractivity contribution in [2.45, 2.75) is 44.4 Å². The van der Waals surface area contributed by atoms with Crippen molar-refractivity contribution in [1.29, 1.82) is 0 Å². The van der Waals surface area contributed by atoms with Crippen molar-refractivity contribution in [3.05, 3.63) is 48.3 Å². The van der Waals surface area contributed by atoms with Gasteiger partial charge in [-0.25, -0.2) is 0 Å². The van der Waals surface area contributed by atoms with Crippen LogP contribution in [0.2, 0.25) is 0 Å². The third-order valence-corrected chi connectivity index (χ3v) is 4.19. The Kier molecular flexibility index (Phi) is 4.55. The molecule has 112 valence electrons. The maximum absolute atomic E-state index is 5.49. The van der Waals surface area contributed by atoms with Gasteiger partial charge in [-0.1, -0.05) is 12.1 Å². The van der Waals surface area contributed by atoms with Crippen molar-refractivity contribution < 1.29 is 4.74 Å². The number of nitrogens with zero attached hydrogens (tertiary/aromatic N) is 2. The summed E-state index contributed by atoms with van der Waals surface area (Å²) in [5.74, 6) is 0. The average Bonchev–Trinajstić information content (AvgIpc) is 3.02. The predicted octanol–water partition coefficient (Wildman–Crippen LogP) is 3.30. The van der Waals surface area contributed by atoms with E-state index in [1.165, 1.54) is 30.5 Å². The van der Waals surface area contributed by atoms with Crippen LogP contribution in [0.1, 0.15) is 31.2 Å². The lowest BCUT2D eigenvalue weighted by Crippen LogP contribution is -2.30. The van der Waals surface area contributed by atoms with Crippen LogP contribution >= 0.6 is 0 Å². The number of methoxy groups -OCH3 is 1. The fourth-order valence-electron chi connectivity index (χ4n) is 3.01. The lowest BCUT2D eigenvalue weighted by Gasteiger charge is -2.29. The van der Waals surface area contributed by atoms with Crippen LogP contribution in [0, 0.1) is 0 Å². The first-order valence-electron chi connectivity index (χ1n) is 7.69. The molecule has 1 aromatic heterocycles. The summed E-state index contributed by atoms with van der Waals surface area (Å²) in [6, 6.07) is 11.1. The summed E-state index contributed by atoms with van der Waals surface area (Å²) in [5.41, 5.74) is 2.46. The standard InChI is InChI=1S/C17H23N3O/c1-21-17-5-2-4-16(12-17)19-15-8-6-14(7-9-15)13-20-11-3-10-18-20/h3,6-11,16-17,19H,2,4-5,12-13H2,1H3. The molecule has 0 amide bonds. The van der Waals surface area contributed by atoms with Gasteiger partial charge < -0.3 is 10.1 Å². The van der Waals surface area contributed by atoms with E-state index in [-0.39, 0.29) is 0 Å². The van der Waals surface area contributed by atoms with E-state index >= 15 is 0 Å². The first kappa shape index (κ1) is 14.1. The topological polar surface area (TPSA) is 39.1 Å². The third-order valence-electron chi connectivity index (χ3n) is 4.19. The number of hydrogen-bond acceptors (Lipinski definition) is 3. The molecule has 1 saturated carbocycles. The van der Waals surface area contributed by atoms with Gasteiger partial charge in [-0.2, -0.15) is 5.10 Å². The van der Waals surface area contributed by atoms with Crippen molar-refractivity contribution in [2.24, 2.45) is 0 Å². The maximum atomic E-state index is 5.49. The lowest BCUT2D eigenvalue weighted by atomic mass is 9.92. The quantitative estimate of drug-likeness (QED) is 0.916. The van der Waals surface area contributed by atoms with E-state index in [0.29, 0.717) is 12.1 Å². The second-order valence-corrected chi connectivity index (χ2v) is 5.77. The van der Waals surface area contributed by atoms with Crippen molar-refractivity contribution in [3.8, 4) is 0 Å². The lowest BCUT2D eigenvalue weighted by molar-refractivity contribution is 0.0669. The molecular formula is C17H23N3O. The summed E-state index contributed by atoms with van der Waals surface area (Å²) in [5, 5.41) is 7.86. The van der Waals surface area contributed by atoms with E-state index in [0.717, 1.165) is 13.0 Å². The van der Waals surface area contributed by atoms with Gasteiger partial charge in [-0.3, -0.25) is 4.68 Å². The van der Waals surface area contributed by atoms with E-state index in [1.807, 2.05) is 30.3 Å². The largest absolute Gasteiger partial charge is 0.382 e. The molecule has 2 unspecified atom stereocenters. The summed E-state index contributed by atoms with van der Waals surface area (Å²) < 4.78 is 7.42. The summed E-state index contributed by atoms with van der Waals surface area (Å²) in [6.45, 7) is 0.822. The second-order valence-electron chi connectivity index (χ2n) is 5.77. The van der Waals surface area contributed by atoms with Crippen LogP contribution in [0.5, 0.6) is 0 Å². The van der Waals surface area contributed by atoms with Crippen LogP contribution in [0.4, 0.5) is 5.69 Å². The van der Waals surface area contributed by atoms with E-state index in [2.05, 4.69) is 34.7 Å². The van der Waals surface area contributed by atoms with Gasteiger partial charge in [0.15, 0.2) is 0 Å². The van der Waals surface area contributed by atoms with Crippen LogP contribution < -0.4 is 5.32 Å². The van der Waals surface area contributed by atoms with Crippen LogP contribution in [0.3, 0.4) is 0 Å². The zero-order valence-electron chi connectivity index (χ0n) is 12.5. The van der Waals surface area contributed by atoms with Crippen molar-refractivity contribution in [1.82, 2.24) is 9.78 Å². The SMILES string of the molecule is COC1CCCC(Nc2ccc(Cn3cccn3)cc2)C1. The fraction of sp³-hybridized carbons (Fsp3) is 0.471. The molecule has 1 heterocycles. The summed E-state index contributed by atoms with van der Waals surface area (Å²) in [7, 11) is 1.82. The van der Waals surface area contributed by atoms with E-state index in [9.17, 15) is 0 Å². The minimum absolute atomic E-state index is 0.412. The zero-order chi connectivity index (χ0) is 14.5. The van der Waals surface area contributed by atoms with Crippen molar-refractivity contribution in [2.75, 3.05) is 12.4 Å². The molecule has 2 aromatic rings. The van der Waals surface area contributed by atoms with Crippen LogP contribution in [-0.2, 0) is 11.3 Å². The molecule has 0 saturated heterocycles. The van der Waals surface area contributed by atoms with Gasteiger partial charge >= 0.3 is 0 Å². The predicted molar refractivity (Wildman–Crippen MR) is 84.4 cm³/mol. The first-order chi connectivity index (χ1) is 10.3. The molecule has 4 heteroatoms. The Hall–Kier alpha value is -1.81. The summed E-state index contributed by atoms with van der Waals surface area (Å²) in [4.78, 5) is 0. The highest BCUT2D eigenvalue weighted by atomic mass is 16.5. The van der Waals surface area contributed by atoms with Crippen LogP contribution in [0.15, 0.2) is 42.7 Å². The molecule has 1 N–H and O–H groups in total. The Morgan fingerprint density at radius 3 is 2.86 bits per heavy atom. The van der Waals surface area contributed by atoms with Crippen molar-refractivity contribution >= 4 is 5.69 Å². The molecule has 1 fully saturated rings. The number of rotatable bonds is 5. The van der Waals surface area contributed by atoms with E-state index in [1.54, 1.807) is 0 Å². The molecule has 1 aromatic carbocycles.